The molecule has 0 aliphatic heterocycles. The molecule has 0 unspecified atom stereocenters. The van der Waals surface area contributed by atoms with E-state index in [1.54, 1.807) is 30.4 Å². The number of nitrogens with one attached hydrogen (secondary N) is 1. The average Bonchev–Trinajstić information content (AvgIpc) is 2.86. The zero-order chi connectivity index (χ0) is 12.1. The third-order valence-corrected chi connectivity index (χ3v) is 2.95. The molecular weight excluding hydrogens is 234 g/mol. The number of carbonyl (C=O) groups excluding carboxylic acids is 1. The normalized spacial score (nSPS) is 10.2. The monoisotopic (exact) mass is 247 g/mol. The van der Waals surface area contributed by atoms with Gasteiger partial charge in [0.1, 0.15) is 0 Å². The summed E-state index contributed by atoms with van der Waals surface area (Å²) in [5, 5.41) is 2.83. The van der Waals surface area contributed by atoms with E-state index in [1.165, 1.54) is 0 Å². The van der Waals surface area contributed by atoms with Crippen LogP contribution in [0.15, 0.2) is 42.9 Å². The molecule has 2 aromatic rings. The van der Waals surface area contributed by atoms with Crippen LogP contribution in [-0.2, 0) is 6.54 Å². The number of hydrogen-bond acceptors (Lipinski definition) is 3. The number of pyridine rings is 1. The molecule has 4 nitrogen and oxygen atoms in total. The molecule has 0 radical (unpaired) electrons. The van der Waals surface area contributed by atoms with Gasteiger partial charge in [0.15, 0.2) is 0 Å². The molecule has 5 heteroatoms. The van der Waals surface area contributed by atoms with E-state index in [-0.39, 0.29) is 5.91 Å². The Hall–Kier alpha value is -1.75. The second-order valence-electron chi connectivity index (χ2n) is 3.45. The van der Waals surface area contributed by atoms with Gasteiger partial charge in [0.25, 0.3) is 5.91 Å². The fraction of sp³-hybridized carbons (Fsp3) is 0.167. The van der Waals surface area contributed by atoms with Gasteiger partial charge in [-0.05, 0) is 30.1 Å². The molecule has 0 saturated heterocycles. The van der Waals surface area contributed by atoms with E-state index in [1.807, 2.05) is 34.6 Å². The maximum atomic E-state index is 11.8. The van der Waals surface area contributed by atoms with E-state index in [0.29, 0.717) is 12.1 Å². The van der Waals surface area contributed by atoms with Crippen molar-refractivity contribution < 1.29 is 4.79 Å². The van der Waals surface area contributed by atoms with Gasteiger partial charge in [0.05, 0.1) is 17.8 Å². The summed E-state index contributed by atoms with van der Waals surface area (Å²) in [7, 11) is 0. The lowest BCUT2D eigenvalue weighted by atomic mass is 10.3. The Kier molecular flexibility index (Phi) is 3.82. The zero-order valence-corrected chi connectivity index (χ0v) is 10.3. The lowest BCUT2D eigenvalue weighted by Gasteiger charge is -2.02. The minimum atomic E-state index is -0.0801. The molecule has 0 bridgehead atoms. The van der Waals surface area contributed by atoms with Crippen LogP contribution in [-0.4, -0.2) is 21.1 Å². The molecule has 2 heterocycles. The van der Waals surface area contributed by atoms with Crippen LogP contribution < -0.4 is 5.32 Å². The Morgan fingerprint density at radius 1 is 1.47 bits per heavy atom. The Balaban J connectivity index is 1.93. The number of amides is 1. The van der Waals surface area contributed by atoms with Gasteiger partial charge in [0.2, 0.25) is 0 Å². The summed E-state index contributed by atoms with van der Waals surface area (Å²) in [4.78, 5) is 15.9. The third kappa shape index (κ3) is 3.10. The highest BCUT2D eigenvalue weighted by Gasteiger charge is 2.06. The maximum absolute atomic E-state index is 11.8. The van der Waals surface area contributed by atoms with Crippen molar-refractivity contribution in [2.24, 2.45) is 0 Å². The highest BCUT2D eigenvalue weighted by atomic mass is 32.2. The number of carbonyl (C=O) groups is 1. The van der Waals surface area contributed by atoms with Crippen molar-refractivity contribution in [3.63, 3.8) is 0 Å². The highest BCUT2D eigenvalue weighted by Crippen LogP contribution is 2.07. The summed E-state index contributed by atoms with van der Waals surface area (Å²) in [6.45, 7) is 0.449. The Bertz CT molecular complexity index is 495. The van der Waals surface area contributed by atoms with Crippen molar-refractivity contribution in [1.82, 2.24) is 14.3 Å². The molecule has 0 fully saturated rings. The van der Waals surface area contributed by atoms with E-state index in [0.717, 1.165) is 5.69 Å². The minimum absolute atomic E-state index is 0.0801. The largest absolute Gasteiger partial charge is 0.346 e. The van der Waals surface area contributed by atoms with Crippen molar-refractivity contribution in [1.29, 1.82) is 0 Å². The molecule has 0 aromatic carbocycles. The van der Waals surface area contributed by atoms with Crippen LogP contribution >= 0.6 is 11.9 Å². The van der Waals surface area contributed by atoms with Crippen LogP contribution in [0.2, 0.25) is 0 Å². The quantitative estimate of drug-likeness (QED) is 0.898. The smallest absolute Gasteiger partial charge is 0.253 e. The van der Waals surface area contributed by atoms with E-state index in [2.05, 4.69) is 10.3 Å². The summed E-state index contributed by atoms with van der Waals surface area (Å²) in [5.41, 5.74) is 1.51. The molecule has 2 aromatic heterocycles. The summed E-state index contributed by atoms with van der Waals surface area (Å²) in [6, 6.07) is 7.43. The SMILES string of the molecule is CSn1ccc(C(=O)NCc2ccccn2)c1. The van der Waals surface area contributed by atoms with Gasteiger partial charge < -0.3 is 5.32 Å². The molecule has 1 N–H and O–H groups in total. The number of aromatic nitrogens is 2. The summed E-state index contributed by atoms with van der Waals surface area (Å²) >= 11 is 1.55. The van der Waals surface area contributed by atoms with Crippen LogP contribution in [0.4, 0.5) is 0 Å². The Morgan fingerprint density at radius 2 is 2.35 bits per heavy atom. The van der Waals surface area contributed by atoms with Crippen molar-refractivity contribution in [2.45, 2.75) is 6.54 Å². The molecule has 0 aliphatic carbocycles. The van der Waals surface area contributed by atoms with Crippen LogP contribution in [0.5, 0.6) is 0 Å². The first-order valence-electron chi connectivity index (χ1n) is 5.20. The van der Waals surface area contributed by atoms with Gasteiger partial charge in [-0.1, -0.05) is 6.07 Å². The summed E-state index contributed by atoms with van der Waals surface area (Å²) in [5.74, 6) is -0.0801. The van der Waals surface area contributed by atoms with Crippen molar-refractivity contribution in [2.75, 3.05) is 6.26 Å². The van der Waals surface area contributed by atoms with Crippen molar-refractivity contribution >= 4 is 17.9 Å². The molecule has 17 heavy (non-hydrogen) atoms. The lowest BCUT2D eigenvalue weighted by molar-refractivity contribution is 0.0950. The first-order valence-corrected chi connectivity index (χ1v) is 6.38. The predicted molar refractivity (Wildman–Crippen MR) is 68.8 cm³/mol. The summed E-state index contributed by atoms with van der Waals surface area (Å²) in [6.07, 6.45) is 7.33. The first kappa shape index (κ1) is 11.7. The topological polar surface area (TPSA) is 46.9 Å². The molecule has 1 amide bonds. The molecule has 88 valence electrons. The molecule has 0 spiro atoms. The maximum Gasteiger partial charge on any atom is 0.253 e. The second-order valence-corrected chi connectivity index (χ2v) is 4.23. The minimum Gasteiger partial charge on any atom is -0.346 e. The number of hydrogen-bond donors (Lipinski definition) is 1. The van der Waals surface area contributed by atoms with Crippen molar-refractivity contribution in [3.8, 4) is 0 Å². The van der Waals surface area contributed by atoms with E-state index in [9.17, 15) is 4.79 Å². The molecule has 2 rings (SSSR count). The number of nitrogens with zero attached hydrogens (tertiary/aromatic N) is 2. The predicted octanol–water partition coefficient (Wildman–Crippen LogP) is 1.94. The van der Waals surface area contributed by atoms with Gasteiger partial charge in [0, 0.05) is 24.8 Å². The fourth-order valence-corrected chi connectivity index (χ4v) is 1.80. The zero-order valence-electron chi connectivity index (χ0n) is 9.46. The van der Waals surface area contributed by atoms with Gasteiger partial charge in [-0.3, -0.25) is 13.8 Å². The van der Waals surface area contributed by atoms with E-state index < -0.39 is 0 Å². The van der Waals surface area contributed by atoms with E-state index >= 15 is 0 Å². The molecular formula is C12H13N3OS. The van der Waals surface area contributed by atoms with Crippen molar-refractivity contribution in [3.05, 3.63) is 54.1 Å². The van der Waals surface area contributed by atoms with Crippen LogP contribution in [0, 0.1) is 0 Å². The lowest BCUT2D eigenvalue weighted by Crippen LogP contribution is -2.22. The molecule has 0 saturated carbocycles. The molecule has 0 atom stereocenters. The first-order chi connectivity index (χ1) is 8.29. The third-order valence-electron chi connectivity index (χ3n) is 2.30. The highest BCUT2D eigenvalue weighted by molar-refractivity contribution is 7.97. The standard InChI is InChI=1S/C12H13N3OS/c1-17-15-7-5-10(9-15)12(16)14-8-11-4-2-3-6-13-11/h2-7,9H,8H2,1H3,(H,14,16). The van der Waals surface area contributed by atoms with Gasteiger partial charge in [-0.15, -0.1) is 0 Å². The van der Waals surface area contributed by atoms with Gasteiger partial charge >= 0.3 is 0 Å². The van der Waals surface area contributed by atoms with Gasteiger partial charge in [-0.25, -0.2) is 0 Å². The fourth-order valence-electron chi connectivity index (χ4n) is 1.40. The van der Waals surface area contributed by atoms with Crippen LogP contribution in [0.1, 0.15) is 16.1 Å². The second kappa shape index (κ2) is 5.54. The Labute approximate surface area is 104 Å². The van der Waals surface area contributed by atoms with Crippen LogP contribution in [0.3, 0.4) is 0 Å². The Morgan fingerprint density at radius 3 is 3.00 bits per heavy atom. The van der Waals surface area contributed by atoms with Crippen LogP contribution in [0.25, 0.3) is 0 Å². The average molecular weight is 247 g/mol. The summed E-state index contributed by atoms with van der Waals surface area (Å²) < 4.78 is 1.88. The number of rotatable bonds is 4. The van der Waals surface area contributed by atoms with E-state index in [4.69, 9.17) is 0 Å². The molecule has 0 aliphatic rings. The van der Waals surface area contributed by atoms with Gasteiger partial charge in [-0.2, -0.15) is 0 Å².